The van der Waals surface area contributed by atoms with Gasteiger partial charge in [0.1, 0.15) is 0 Å². The Morgan fingerprint density at radius 1 is 1.08 bits per heavy atom. The quantitative estimate of drug-likeness (QED) is 0.280. The lowest BCUT2D eigenvalue weighted by molar-refractivity contribution is -0.114. The number of hydrogen-bond donors (Lipinski definition) is 1. The molecular weight excluding hydrogens is 495 g/mol. The van der Waals surface area contributed by atoms with Crippen molar-refractivity contribution in [1.29, 1.82) is 0 Å². The largest absolute Gasteiger partial charge is 0.389 e. The third kappa shape index (κ3) is 4.54. The van der Waals surface area contributed by atoms with Gasteiger partial charge in [-0.25, -0.2) is 0 Å². The number of benzene rings is 1. The molecule has 6 heteroatoms. The van der Waals surface area contributed by atoms with Crippen molar-refractivity contribution >= 4 is 18.7 Å². The van der Waals surface area contributed by atoms with E-state index in [2.05, 4.69) is 25.1 Å². The zero-order valence-electron chi connectivity index (χ0n) is 23.4. The van der Waals surface area contributed by atoms with E-state index in [1.54, 1.807) is 0 Å². The molecule has 2 fully saturated rings. The number of allylic oxidation sites excluding steroid dienone is 5. The van der Waals surface area contributed by atoms with E-state index in [0.717, 1.165) is 38.5 Å². The van der Waals surface area contributed by atoms with Crippen LogP contribution >= 0.6 is 7.60 Å². The first-order valence-electron chi connectivity index (χ1n) is 14.5. The number of hydrogen-bond acceptors (Lipinski definition) is 5. The van der Waals surface area contributed by atoms with Gasteiger partial charge in [-0.15, -0.1) is 0 Å². The molecule has 4 aliphatic rings. The monoisotopic (exact) mass is 538 g/mol. The zero-order valence-corrected chi connectivity index (χ0v) is 24.3. The van der Waals surface area contributed by atoms with Crippen molar-refractivity contribution in [2.24, 2.45) is 17.3 Å². The highest BCUT2D eigenvalue weighted by Gasteiger charge is 2.62. The normalized spacial score (nSPS) is 33.2. The Balaban J connectivity index is 1.60. The minimum absolute atomic E-state index is 0.149. The van der Waals surface area contributed by atoms with Crippen molar-refractivity contribution < 1.29 is 23.5 Å². The van der Waals surface area contributed by atoms with Crippen LogP contribution in [-0.2, 0) is 18.4 Å². The summed E-state index contributed by atoms with van der Waals surface area (Å²) in [5.41, 5.74) is 4.38. The van der Waals surface area contributed by atoms with Crippen molar-refractivity contribution in [3.63, 3.8) is 0 Å². The van der Waals surface area contributed by atoms with Crippen molar-refractivity contribution in [2.45, 2.75) is 90.6 Å². The molecule has 0 aromatic heterocycles. The Kier molecular flexibility index (Phi) is 7.79. The Morgan fingerprint density at radius 3 is 2.45 bits per heavy atom. The van der Waals surface area contributed by atoms with Crippen molar-refractivity contribution in [3.8, 4) is 0 Å². The fourth-order valence-electron chi connectivity index (χ4n) is 8.12. The lowest BCUT2D eigenvalue weighted by Gasteiger charge is -2.55. The van der Waals surface area contributed by atoms with Crippen LogP contribution < -0.4 is 5.30 Å². The van der Waals surface area contributed by atoms with Gasteiger partial charge in [-0.05, 0) is 112 Å². The van der Waals surface area contributed by atoms with Gasteiger partial charge in [0.05, 0.1) is 24.1 Å². The standard InChI is InChI=1S/C32H43O5P/c1-5-8-18-32(34)19-17-29-27-15-11-23-20-24(33)12-16-26(23)30(27)28(21-31(29,32)4)22-9-13-25(14-10-22)38(35,36-6-2)37-7-3/h5,8-10,13-14,20,27-29,34H,6-7,11-12,15-19,21H2,1-4H3/b8-5+/t27-,28+,29-,31-,32-/m0/s1. The fraction of sp³-hybridized carbons (Fsp3) is 0.594. The number of carbonyl (C=O) groups is 1. The van der Waals surface area contributed by atoms with Gasteiger partial charge in [0.2, 0.25) is 0 Å². The molecule has 5 nitrogen and oxygen atoms in total. The van der Waals surface area contributed by atoms with Crippen LogP contribution in [0.2, 0.25) is 0 Å². The summed E-state index contributed by atoms with van der Waals surface area (Å²) in [6.07, 6.45) is 12.9. The summed E-state index contributed by atoms with van der Waals surface area (Å²) in [5.74, 6) is 1.24. The maximum absolute atomic E-state index is 13.4. The maximum atomic E-state index is 13.4. The van der Waals surface area contributed by atoms with E-state index in [0.29, 0.717) is 43.2 Å². The van der Waals surface area contributed by atoms with Crippen LogP contribution in [-0.4, -0.2) is 29.7 Å². The predicted octanol–water partition coefficient (Wildman–Crippen LogP) is 7.17. The summed E-state index contributed by atoms with van der Waals surface area (Å²) in [5, 5.41) is 12.7. The highest BCUT2D eigenvalue weighted by atomic mass is 31.2. The second-order valence-corrected chi connectivity index (χ2v) is 13.8. The number of fused-ring (bicyclic) bond motifs is 4. The molecular formula is C32H43O5P. The first-order chi connectivity index (χ1) is 18.2. The van der Waals surface area contributed by atoms with Crippen molar-refractivity contribution in [3.05, 3.63) is 64.8 Å². The molecule has 0 aliphatic heterocycles. The summed E-state index contributed by atoms with van der Waals surface area (Å²) < 4.78 is 24.6. The molecule has 1 aromatic rings. The van der Waals surface area contributed by atoms with E-state index >= 15 is 0 Å². The lowest BCUT2D eigenvalue weighted by Crippen LogP contribution is -2.51. The fourth-order valence-corrected chi connectivity index (χ4v) is 9.68. The Labute approximate surface area is 227 Å². The molecule has 0 spiro atoms. The molecule has 1 N–H and O–H groups in total. The van der Waals surface area contributed by atoms with Gasteiger partial charge in [0.15, 0.2) is 5.78 Å². The molecule has 2 saturated carbocycles. The molecule has 0 unspecified atom stereocenters. The number of ketones is 1. The van der Waals surface area contributed by atoms with Crippen LogP contribution in [0.5, 0.6) is 0 Å². The van der Waals surface area contributed by atoms with E-state index in [1.165, 1.54) is 22.3 Å². The average molecular weight is 539 g/mol. The summed E-state index contributed by atoms with van der Waals surface area (Å²) >= 11 is 0. The Bertz CT molecular complexity index is 1200. The Hall–Kier alpha value is -1.78. The second-order valence-electron chi connectivity index (χ2n) is 11.8. The maximum Gasteiger partial charge on any atom is 0.361 e. The van der Waals surface area contributed by atoms with Crippen LogP contribution in [0.1, 0.15) is 90.5 Å². The third-order valence-corrected chi connectivity index (χ3v) is 12.1. The first-order valence-corrected chi connectivity index (χ1v) is 16.0. The molecule has 206 valence electrons. The second kappa shape index (κ2) is 10.7. The molecule has 0 amide bonds. The van der Waals surface area contributed by atoms with Crippen LogP contribution in [0.25, 0.3) is 0 Å². The molecule has 4 aliphatic carbocycles. The Morgan fingerprint density at radius 2 is 1.79 bits per heavy atom. The van der Waals surface area contributed by atoms with E-state index in [9.17, 15) is 14.5 Å². The first kappa shape index (κ1) is 27.8. The predicted molar refractivity (Wildman–Crippen MR) is 152 cm³/mol. The minimum Gasteiger partial charge on any atom is -0.389 e. The molecule has 0 radical (unpaired) electrons. The molecule has 1 aromatic carbocycles. The summed E-state index contributed by atoms with van der Waals surface area (Å²) in [7, 11) is -3.36. The number of carbonyl (C=O) groups excluding carboxylic acids is 1. The van der Waals surface area contributed by atoms with Crippen molar-refractivity contribution in [2.75, 3.05) is 13.2 Å². The SMILES string of the molecule is C/C=C/C[C@]1(O)CC[C@H]2[C@@H]3CCC4=CC(=O)CCC4=C3[C@@H](c3ccc(P(=O)(OCC)OCC)cc3)C[C@@]21C. The van der Waals surface area contributed by atoms with E-state index in [-0.39, 0.29) is 17.1 Å². The zero-order chi connectivity index (χ0) is 27.1. The molecule has 0 bridgehead atoms. The number of aliphatic hydroxyl groups is 1. The van der Waals surface area contributed by atoms with Crippen LogP contribution in [0.4, 0.5) is 0 Å². The van der Waals surface area contributed by atoms with Gasteiger partial charge < -0.3 is 14.2 Å². The summed E-state index contributed by atoms with van der Waals surface area (Å²) in [4.78, 5) is 12.3. The molecule has 0 saturated heterocycles. The van der Waals surface area contributed by atoms with E-state index in [4.69, 9.17) is 9.05 Å². The van der Waals surface area contributed by atoms with E-state index in [1.807, 2.05) is 45.1 Å². The average Bonchev–Trinajstić information content (AvgIpc) is 3.17. The van der Waals surface area contributed by atoms with Gasteiger partial charge in [0.25, 0.3) is 0 Å². The van der Waals surface area contributed by atoms with Crippen molar-refractivity contribution in [1.82, 2.24) is 0 Å². The molecule has 38 heavy (non-hydrogen) atoms. The molecule has 5 atom stereocenters. The smallest absolute Gasteiger partial charge is 0.361 e. The highest BCUT2D eigenvalue weighted by molar-refractivity contribution is 7.62. The topological polar surface area (TPSA) is 72.8 Å². The highest BCUT2D eigenvalue weighted by Crippen LogP contribution is 2.67. The van der Waals surface area contributed by atoms with Gasteiger partial charge in [0, 0.05) is 17.8 Å². The molecule has 5 rings (SSSR count). The minimum atomic E-state index is -3.36. The van der Waals surface area contributed by atoms with Crippen LogP contribution in [0, 0.1) is 17.3 Å². The third-order valence-electron chi connectivity index (χ3n) is 9.96. The molecule has 0 heterocycles. The lowest BCUT2D eigenvalue weighted by atomic mass is 9.51. The summed E-state index contributed by atoms with van der Waals surface area (Å²) in [6.45, 7) is 8.63. The van der Waals surface area contributed by atoms with Gasteiger partial charge in [-0.3, -0.25) is 9.36 Å². The van der Waals surface area contributed by atoms with Crippen LogP contribution in [0.15, 0.2) is 59.2 Å². The van der Waals surface area contributed by atoms with Gasteiger partial charge in [-0.2, -0.15) is 0 Å². The van der Waals surface area contributed by atoms with Crippen LogP contribution in [0.3, 0.4) is 0 Å². The summed E-state index contributed by atoms with van der Waals surface area (Å²) in [6, 6.07) is 7.98. The van der Waals surface area contributed by atoms with Gasteiger partial charge in [-0.1, -0.05) is 36.8 Å². The number of rotatable bonds is 8. The van der Waals surface area contributed by atoms with E-state index < -0.39 is 13.2 Å². The van der Waals surface area contributed by atoms with Gasteiger partial charge >= 0.3 is 7.60 Å².